The lowest BCUT2D eigenvalue weighted by Crippen LogP contribution is -2.39. The maximum Gasteiger partial charge on any atom is 0.255 e. The van der Waals surface area contributed by atoms with E-state index in [1.54, 1.807) is 36.9 Å². The van der Waals surface area contributed by atoms with Crippen LogP contribution in [0.5, 0.6) is 0 Å². The second kappa shape index (κ2) is 8.12. The number of hydrogen-bond donors (Lipinski definition) is 1. The molecule has 1 atom stereocenters. The van der Waals surface area contributed by atoms with Crippen LogP contribution in [-0.2, 0) is 0 Å². The fourth-order valence-corrected chi connectivity index (χ4v) is 3.46. The Labute approximate surface area is 163 Å². The first kappa shape index (κ1) is 18.0. The third-order valence-electron chi connectivity index (χ3n) is 4.95. The summed E-state index contributed by atoms with van der Waals surface area (Å²) in [5.41, 5.74) is 2.59. The number of nitrogens with one attached hydrogen (secondary N) is 1. The molecule has 28 heavy (non-hydrogen) atoms. The average Bonchev–Trinajstić information content (AvgIpc) is 2.76. The van der Waals surface area contributed by atoms with Gasteiger partial charge in [0.2, 0.25) is 5.95 Å². The van der Waals surface area contributed by atoms with Crippen LogP contribution < -0.4 is 5.32 Å². The molecule has 0 spiro atoms. The van der Waals surface area contributed by atoms with Crippen molar-refractivity contribution in [2.24, 2.45) is 0 Å². The molecule has 0 aliphatic carbocycles. The van der Waals surface area contributed by atoms with Gasteiger partial charge in [-0.2, -0.15) is 0 Å². The molecular weight excluding hydrogens is 352 g/mol. The number of aromatic nitrogens is 4. The van der Waals surface area contributed by atoms with Crippen molar-refractivity contribution in [2.75, 3.05) is 18.4 Å². The number of nitrogens with zero attached hydrogens (tertiary/aromatic N) is 5. The Morgan fingerprint density at radius 1 is 1.14 bits per heavy atom. The summed E-state index contributed by atoms with van der Waals surface area (Å²) in [6, 6.07) is 9.41. The van der Waals surface area contributed by atoms with Gasteiger partial charge in [-0.1, -0.05) is 6.07 Å². The Balaban J connectivity index is 1.49. The lowest BCUT2D eigenvalue weighted by atomic mass is 9.94. The zero-order chi connectivity index (χ0) is 19.3. The molecular formula is C21H22N6O. The van der Waals surface area contributed by atoms with Gasteiger partial charge in [0.05, 0.1) is 11.3 Å². The number of carbonyl (C=O) groups is 1. The summed E-state index contributed by atoms with van der Waals surface area (Å²) < 4.78 is 0. The Hall–Kier alpha value is -3.35. The van der Waals surface area contributed by atoms with E-state index in [1.165, 1.54) is 0 Å². The van der Waals surface area contributed by atoms with Crippen molar-refractivity contribution in [3.63, 3.8) is 0 Å². The van der Waals surface area contributed by atoms with Crippen LogP contribution in [0.4, 0.5) is 11.8 Å². The van der Waals surface area contributed by atoms with Gasteiger partial charge in [0, 0.05) is 43.8 Å². The number of amides is 1. The van der Waals surface area contributed by atoms with Crippen molar-refractivity contribution < 1.29 is 4.79 Å². The molecule has 0 aromatic carbocycles. The highest BCUT2D eigenvalue weighted by Crippen LogP contribution is 2.27. The molecule has 7 heteroatoms. The number of carbonyl (C=O) groups excluding carboxylic acids is 1. The summed E-state index contributed by atoms with van der Waals surface area (Å²) >= 11 is 0. The molecule has 0 bridgehead atoms. The first-order valence-corrected chi connectivity index (χ1v) is 9.41. The van der Waals surface area contributed by atoms with Gasteiger partial charge in [-0.3, -0.25) is 9.78 Å². The highest BCUT2D eigenvalue weighted by Gasteiger charge is 2.26. The second-order valence-electron chi connectivity index (χ2n) is 6.93. The minimum atomic E-state index is 0.0225. The largest absolute Gasteiger partial charge is 0.338 e. The van der Waals surface area contributed by atoms with Gasteiger partial charge in [-0.15, -0.1) is 0 Å². The normalized spacial score (nSPS) is 16.6. The molecule has 0 unspecified atom stereocenters. The number of piperidine rings is 1. The number of anilines is 2. The quantitative estimate of drug-likeness (QED) is 0.754. The Kier molecular flexibility index (Phi) is 5.23. The van der Waals surface area contributed by atoms with Crippen molar-refractivity contribution in [1.29, 1.82) is 0 Å². The zero-order valence-electron chi connectivity index (χ0n) is 15.7. The van der Waals surface area contributed by atoms with E-state index < -0.39 is 0 Å². The maximum atomic E-state index is 12.8. The van der Waals surface area contributed by atoms with Crippen LogP contribution in [0.25, 0.3) is 0 Å². The van der Waals surface area contributed by atoms with Crippen molar-refractivity contribution >= 4 is 17.7 Å². The Bertz CT molecular complexity index is 962. The molecule has 1 saturated heterocycles. The summed E-state index contributed by atoms with van der Waals surface area (Å²) in [6.45, 7) is 3.39. The van der Waals surface area contributed by atoms with Gasteiger partial charge < -0.3 is 10.2 Å². The molecule has 1 N–H and O–H groups in total. The first-order chi connectivity index (χ1) is 13.7. The van der Waals surface area contributed by atoms with Crippen LogP contribution in [-0.4, -0.2) is 43.8 Å². The van der Waals surface area contributed by atoms with Crippen molar-refractivity contribution in [2.45, 2.75) is 25.7 Å². The minimum absolute atomic E-state index is 0.0225. The number of rotatable bonds is 4. The van der Waals surface area contributed by atoms with Crippen molar-refractivity contribution in [3.8, 4) is 0 Å². The van der Waals surface area contributed by atoms with E-state index >= 15 is 0 Å². The molecule has 7 nitrogen and oxygen atoms in total. The lowest BCUT2D eigenvalue weighted by molar-refractivity contribution is 0.0705. The third-order valence-corrected chi connectivity index (χ3v) is 4.95. The molecule has 1 aliphatic rings. The fourth-order valence-electron chi connectivity index (χ4n) is 3.46. The van der Waals surface area contributed by atoms with Gasteiger partial charge in [0.25, 0.3) is 5.91 Å². The van der Waals surface area contributed by atoms with Gasteiger partial charge in [-0.05, 0) is 49.6 Å². The number of likely N-dealkylation sites (tertiary alicyclic amines) is 1. The van der Waals surface area contributed by atoms with Gasteiger partial charge in [0.1, 0.15) is 5.82 Å². The predicted octanol–water partition coefficient (Wildman–Crippen LogP) is 3.34. The van der Waals surface area contributed by atoms with Gasteiger partial charge in [-0.25, -0.2) is 15.0 Å². The van der Waals surface area contributed by atoms with Crippen LogP contribution in [0.2, 0.25) is 0 Å². The standard InChI is InChI=1S/C21H22N6O/c1-15-5-2-10-23-19(15)26-21-24-11-8-18(25-21)17-7-4-12-27(14-17)20(28)16-6-3-9-22-13-16/h2-3,5-6,8-11,13,17H,4,7,12,14H2,1H3,(H,23,24,25,26)/t17-/m1/s1. The monoisotopic (exact) mass is 374 g/mol. The zero-order valence-corrected chi connectivity index (χ0v) is 15.7. The molecule has 3 aromatic rings. The third kappa shape index (κ3) is 3.98. The van der Waals surface area contributed by atoms with Crippen LogP contribution >= 0.6 is 0 Å². The molecule has 1 amide bonds. The van der Waals surface area contributed by atoms with E-state index in [1.807, 2.05) is 30.0 Å². The molecule has 4 rings (SSSR count). The molecule has 1 aliphatic heterocycles. The van der Waals surface area contributed by atoms with E-state index in [9.17, 15) is 4.79 Å². The molecule has 0 saturated carbocycles. The molecule has 142 valence electrons. The van der Waals surface area contributed by atoms with E-state index in [2.05, 4.69) is 25.3 Å². The van der Waals surface area contributed by atoms with E-state index in [4.69, 9.17) is 0 Å². The predicted molar refractivity (Wildman–Crippen MR) is 106 cm³/mol. The average molecular weight is 374 g/mol. The number of hydrogen-bond acceptors (Lipinski definition) is 6. The number of aryl methyl sites for hydroxylation is 1. The van der Waals surface area contributed by atoms with Gasteiger partial charge in [0.15, 0.2) is 0 Å². The smallest absolute Gasteiger partial charge is 0.255 e. The Morgan fingerprint density at radius 2 is 2.04 bits per heavy atom. The lowest BCUT2D eigenvalue weighted by Gasteiger charge is -2.32. The topological polar surface area (TPSA) is 83.9 Å². The SMILES string of the molecule is Cc1cccnc1Nc1nccc([C@@H]2CCCN(C(=O)c3cccnc3)C2)n1. The Morgan fingerprint density at radius 3 is 2.86 bits per heavy atom. The minimum Gasteiger partial charge on any atom is -0.338 e. The van der Waals surface area contributed by atoms with Crippen LogP contribution in [0, 0.1) is 6.92 Å². The summed E-state index contributed by atoms with van der Waals surface area (Å²) in [6.07, 6.45) is 8.73. The summed E-state index contributed by atoms with van der Waals surface area (Å²) in [7, 11) is 0. The van der Waals surface area contributed by atoms with E-state index in [0.717, 1.165) is 36.5 Å². The van der Waals surface area contributed by atoms with Crippen LogP contribution in [0.1, 0.15) is 40.4 Å². The van der Waals surface area contributed by atoms with Crippen molar-refractivity contribution in [1.82, 2.24) is 24.8 Å². The number of pyridine rings is 2. The van der Waals surface area contributed by atoms with E-state index in [0.29, 0.717) is 18.1 Å². The second-order valence-corrected chi connectivity index (χ2v) is 6.93. The summed E-state index contributed by atoms with van der Waals surface area (Å²) in [5, 5.41) is 3.19. The summed E-state index contributed by atoms with van der Waals surface area (Å²) in [4.78, 5) is 32.0. The van der Waals surface area contributed by atoms with Crippen LogP contribution in [0.3, 0.4) is 0 Å². The highest BCUT2D eigenvalue weighted by molar-refractivity contribution is 5.94. The molecule has 4 heterocycles. The molecule has 1 fully saturated rings. The van der Waals surface area contributed by atoms with Crippen molar-refractivity contribution in [3.05, 3.63) is 71.9 Å². The van der Waals surface area contributed by atoms with Gasteiger partial charge >= 0.3 is 0 Å². The molecule has 3 aromatic heterocycles. The fraction of sp³-hybridized carbons (Fsp3) is 0.286. The maximum absolute atomic E-state index is 12.8. The summed E-state index contributed by atoms with van der Waals surface area (Å²) in [5.74, 6) is 1.48. The van der Waals surface area contributed by atoms with Crippen LogP contribution in [0.15, 0.2) is 55.1 Å². The van der Waals surface area contributed by atoms with E-state index in [-0.39, 0.29) is 11.8 Å². The molecule has 0 radical (unpaired) electrons. The first-order valence-electron chi connectivity index (χ1n) is 9.41. The highest BCUT2D eigenvalue weighted by atomic mass is 16.2.